The van der Waals surface area contributed by atoms with E-state index in [1.54, 1.807) is 13.8 Å². The Hall–Kier alpha value is -2.07. The molecule has 0 spiro atoms. The van der Waals surface area contributed by atoms with Crippen LogP contribution in [0.4, 0.5) is 18.0 Å². The SMILES string of the molecule is CCN(CC)C(=O)n1cc(Cl)c(S(=O)(=O)c2cccc(C(F)(F)F)c2)n1. The third-order valence-electron chi connectivity index (χ3n) is 3.59. The van der Waals surface area contributed by atoms with E-state index in [0.29, 0.717) is 19.2 Å². The molecule has 0 atom stereocenters. The summed E-state index contributed by atoms with van der Waals surface area (Å²) in [6.45, 7) is 4.19. The van der Waals surface area contributed by atoms with Gasteiger partial charge in [-0.2, -0.15) is 23.0 Å². The van der Waals surface area contributed by atoms with Crippen LogP contribution in [-0.4, -0.2) is 42.2 Å². The minimum atomic E-state index is -4.70. The standard InChI is InChI=1S/C15H15ClF3N3O3S/c1-3-21(4-2)14(23)22-9-12(16)13(20-22)26(24,25)11-7-5-6-10(8-11)15(17,18)19/h5-9H,3-4H2,1-2H3. The third-order valence-corrected chi connectivity index (χ3v) is 5.67. The van der Waals surface area contributed by atoms with Crippen molar-refractivity contribution >= 4 is 27.5 Å². The number of carbonyl (C=O) groups is 1. The summed E-state index contributed by atoms with van der Waals surface area (Å²) in [5.41, 5.74) is -1.12. The molecule has 2 aromatic rings. The Labute approximate surface area is 153 Å². The fourth-order valence-corrected chi connectivity index (χ4v) is 3.91. The molecule has 26 heavy (non-hydrogen) atoms. The Balaban J connectivity index is 2.50. The van der Waals surface area contributed by atoms with Gasteiger partial charge >= 0.3 is 12.2 Å². The van der Waals surface area contributed by atoms with Gasteiger partial charge in [-0.3, -0.25) is 0 Å². The summed E-state index contributed by atoms with van der Waals surface area (Å²) >= 11 is 5.89. The average Bonchev–Trinajstić information content (AvgIpc) is 2.98. The maximum atomic E-state index is 12.8. The van der Waals surface area contributed by atoms with Crippen LogP contribution in [0.1, 0.15) is 19.4 Å². The van der Waals surface area contributed by atoms with Gasteiger partial charge in [0.15, 0.2) is 0 Å². The highest BCUT2D eigenvalue weighted by molar-refractivity contribution is 7.91. The zero-order chi connectivity index (χ0) is 19.7. The van der Waals surface area contributed by atoms with Crippen LogP contribution in [0.15, 0.2) is 40.4 Å². The van der Waals surface area contributed by atoms with Gasteiger partial charge in [-0.25, -0.2) is 13.2 Å². The summed E-state index contributed by atoms with van der Waals surface area (Å²) in [5.74, 6) is 0. The lowest BCUT2D eigenvalue weighted by molar-refractivity contribution is -0.137. The third kappa shape index (κ3) is 3.85. The first kappa shape index (κ1) is 20.2. The Morgan fingerprint density at radius 3 is 2.42 bits per heavy atom. The van der Waals surface area contributed by atoms with Crippen molar-refractivity contribution in [3.8, 4) is 0 Å². The van der Waals surface area contributed by atoms with Gasteiger partial charge in [0, 0.05) is 13.1 Å². The first-order chi connectivity index (χ1) is 12.0. The van der Waals surface area contributed by atoms with Gasteiger partial charge in [-0.05, 0) is 32.0 Å². The predicted molar refractivity (Wildman–Crippen MR) is 87.8 cm³/mol. The molecule has 0 radical (unpaired) electrons. The second-order valence-electron chi connectivity index (χ2n) is 5.21. The minimum absolute atomic E-state index is 0.358. The van der Waals surface area contributed by atoms with Crippen molar-refractivity contribution in [3.63, 3.8) is 0 Å². The molecular formula is C15H15ClF3N3O3S. The van der Waals surface area contributed by atoms with Gasteiger partial charge in [0.1, 0.15) is 0 Å². The van der Waals surface area contributed by atoms with E-state index in [0.717, 1.165) is 29.1 Å². The molecule has 1 aromatic heterocycles. The van der Waals surface area contributed by atoms with Crippen LogP contribution in [0, 0.1) is 0 Å². The van der Waals surface area contributed by atoms with Gasteiger partial charge < -0.3 is 4.90 Å². The van der Waals surface area contributed by atoms with Crippen molar-refractivity contribution in [2.45, 2.75) is 29.9 Å². The number of sulfone groups is 1. The molecule has 1 heterocycles. The Bertz CT molecular complexity index is 922. The zero-order valence-corrected chi connectivity index (χ0v) is 15.4. The number of amides is 1. The Morgan fingerprint density at radius 2 is 1.88 bits per heavy atom. The molecule has 6 nitrogen and oxygen atoms in total. The molecule has 0 bridgehead atoms. The monoisotopic (exact) mass is 409 g/mol. The second-order valence-corrected chi connectivity index (χ2v) is 7.48. The maximum Gasteiger partial charge on any atom is 0.416 e. The van der Waals surface area contributed by atoms with Crippen molar-refractivity contribution in [2.75, 3.05) is 13.1 Å². The van der Waals surface area contributed by atoms with E-state index in [4.69, 9.17) is 11.6 Å². The molecule has 142 valence electrons. The van der Waals surface area contributed by atoms with E-state index in [-0.39, 0.29) is 5.02 Å². The molecule has 1 aromatic carbocycles. The van der Waals surface area contributed by atoms with E-state index in [2.05, 4.69) is 5.10 Å². The normalized spacial score (nSPS) is 12.2. The summed E-state index contributed by atoms with van der Waals surface area (Å²) in [6, 6.07) is 2.63. The molecule has 0 N–H and O–H groups in total. The van der Waals surface area contributed by atoms with E-state index < -0.39 is 37.5 Å². The van der Waals surface area contributed by atoms with Gasteiger partial charge in [-0.1, -0.05) is 17.7 Å². The van der Waals surface area contributed by atoms with Crippen molar-refractivity contribution in [2.24, 2.45) is 0 Å². The fraction of sp³-hybridized carbons (Fsp3) is 0.333. The number of benzene rings is 1. The van der Waals surface area contributed by atoms with Gasteiger partial charge in [0.25, 0.3) is 0 Å². The van der Waals surface area contributed by atoms with Crippen molar-refractivity contribution in [1.82, 2.24) is 14.7 Å². The largest absolute Gasteiger partial charge is 0.416 e. The predicted octanol–water partition coefficient (Wildman–Crippen LogP) is 3.70. The van der Waals surface area contributed by atoms with Crippen LogP contribution in [0.2, 0.25) is 5.02 Å². The molecule has 2 rings (SSSR count). The van der Waals surface area contributed by atoms with E-state index in [9.17, 15) is 26.4 Å². The average molecular weight is 410 g/mol. The van der Waals surface area contributed by atoms with E-state index in [1.165, 1.54) is 4.90 Å². The van der Waals surface area contributed by atoms with Crippen molar-refractivity contribution < 1.29 is 26.4 Å². The fourth-order valence-electron chi connectivity index (χ4n) is 2.21. The minimum Gasteiger partial charge on any atom is -0.323 e. The summed E-state index contributed by atoms with van der Waals surface area (Å²) in [6.07, 6.45) is -3.68. The van der Waals surface area contributed by atoms with Gasteiger partial charge in [0.2, 0.25) is 14.9 Å². The van der Waals surface area contributed by atoms with Crippen LogP contribution in [0.5, 0.6) is 0 Å². The molecule has 0 saturated heterocycles. The van der Waals surface area contributed by atoms with E-state index >= 15 is 0 Å². The van der Waals surface area contributed by atoms with E-state index in [1.807, 2.05) is 0 Å². The number of alkyl halides is 3. The highest BCUT2D eigenvalue weighted by Gasteiger charge is 2.33. The number of aromatic nitrogens is 2. The first-order valence-corrected chi connectivity index (χ1v) is 9.35. The quantitative estimate of drug-likeness (QED) is 0.771. The zero-order valence-electron chi connectivity index (χ0n) is 13.8. The highest BCUT2D eigenvalue weighted by Crippen LogP contribution is 2.33. The van der Waals surface area contributed by atoms with Crippen LogP contribution >= 0.6 is 11.6 Å². The number of halogens is 4. The molecular weight excluding hydrogens is 395 g/mol. The molecule has 0 saturated carbocycles. The smallest absolute Gasteiger partial charge is 0.323 e. The topological polar surface area (TPSA) is 72.3 Å². The van der Waals surface area contributed by atoms with Crippen molar-refractivity contribution in [1.29, 1.82) is 0 Å². The number of rotatable bonds is 4. The van der Waals surface area contributed by atoms with Crippen molar-refractivity contribution in [3.05, 3.63) is 41.0 Å². The number of carbonyl (C=O) groups excluding carboxylic acids is 1. The lowest BCUT2D eigenvalue weighted by atomic mass is 10.2. The molecule has 0 fully saturated rings. The number of nitrogens with zero attached hydrogens (tertiary/aromatic N) is 3. The van der Waals surface area contributed by atoms with Crippen LogP contribution < -0.4 is 0 Å². The van der Waals surface area contributed by atoms with Gasteiger partial charge in [-0.15, -0.1) is 0 Å². The number of hydrogen-bond donors (Lipinski definition) is 0. The molecule has 1 amide bonds. The molecule has 0 unspecified atom stereocenters. The second kappa shape index (κ2) is 7.28. The Morgan fingerprint density at radius 1 is 1.27 bits per heavy atom. The van der Waals surface area contributed by atoms with Crippen LogP contribution in [0.25, 0.3) is 0 Å². The lowest BCUT2D eigenvalue weighted by Gasteiger charge is -2.17. The maximum absolute atomic E-state index is 12.8. The summed E-state index contributed by atoms with van der Waals surface area (Å²) in [7, 11) is -4.44. The summed E-state index contributed by atoms with van der Waals surface area (Å²) < 4.78 is 64.5. The summed E-state index contributed by atoms with van der Waals surface area (Å²) in [4.78, 5) is 13.0. The Kier molecular flexibility index (Phi) is 5.67. The highest BCUT2D eigenvalue weighted by atomic mass is 35.5. The van der Waals surface area contributed by atoms with Gasteiger partial charge in [0.05, 0.1) is 21.7 Å². The molecule has 0 aliphatic carbocycles. The lowest BCUT2D eigenvalue weighted by Crippen LogP contribution is -2.34. The summed E-state index contributed by atoms with van der Waals surface area (Å²) in [5, 5.41) is 2.65. The van der Waals surface area contributed by atoms with Crippen LogP contribution in [-0.2, 0) is 16.0 Å². The molecule has 0 aliphatic heterocycles. The van der Waals surface area contributed by atoms with Crippen LogP contribution in [0.3, 0.4) is 0 Å². The first-order valence-electron chi connectivity index (χ1n) is 7.49. The molecule has 11 heteroatoms. The molecule has 0 aliphatic rings. The number of hydrogen-bond acceptors (Lipinski definition) is 4.